The number of nitrogens with zero attached hydrogens (tertiary/aromatic N) is 2. The summed E-state index contributed by atoms with van der Waals surface area (Å²) in [5.74, 6) is 0.550. The molecular weight excluding hydrogens is 396 g/mol. The molecule has 0 unspecified atom stereocenters. The number of rotatable bonds is 6. The summed E-state index contributed by atoms with van der Waals surface area (Å²) in [6.07, 6.45) is 4.87. The van der Waals surface area contributed by atoms with Gasteiger partial charge in [-0.15, -0.1) is 0 Å². The van der Waals surface area contributed by atoms with Gasteiger partial charge in [-0.2, -0.15) is 0 Å². The zero-order chi connectivity index (χ0) is 21.0. The second kappa shape index (κ2) is 9.14. The first-order chi connectivity index (χ1) is 14.5. The molecule has 0 aliphatic carbocycles. The van der Waals surface area contributed by atoms with E-state index >= 15 is 0 Å². The van der Waals surface area contributed by atoms with Crippen LogP contribution in [0.3, 0.4) is 0 Å². The van der Waals surface area contributed by atoms with Crippen LogP contribution in [-0.4, -0.2) is 50.7 Å². The first kappa shape index (κ1) is 20.8. The standard InChI is InChI=1S/C24H28N2O3S/c27-24(18-25-14-11-21(12-15-25)17-20-7-3-1-4-8-20)26(22-9-5-2-6-10-22)23-13-16-30(28,29)19-23/h1-10,13,16,21,23H,11-12,14-15,17-19H2/t23-/m1/s1. The Morgan fingerprint density at radius 1 is 0.967 bits per heavy atom. The van der Waals surface area contributed by atoms with Gasteiger partial charge in [0.05, 0.1) is 18.3 Å². The number of carbonyl (C=O) groups excluding carboxylic acids is 1. The van der Waals surface area contributed by atoms with E-state index in [0.717, 1.165) is 38.0 Å². The van der Waals surface area contributed by atoms with Crippen LogP contribution in [-0.2, 0) is 21.1 Å². The van der Waals surface area contributed by atoms with Crippen LogP contribution in [0.25, 0.3) is 0 Å². The van der Waals surface area contributed by atoms with Gasteiger partial charge in [0.15, 0.2) is 9.84 Å². The second-order valence-electron chi connectivity index (χ2n) is 8.23. The molecule has 1 atom stereocenters. The molecule has 1 fully saturated rings. The molecule has 2 aliphatic heterocycles. The Balaban J connectivity index is 1.38. The molecule has 0 bridgehead atoms. The number of hydrogen-bond acceptors (Lipinski definition) is 4. The van der Waals surface area contributed by atoms with E-state index in [1.807, 2.05) is 36.4 Å². The van der Waals surface area contributed by atoms with Gasteiger partial charge >= 0.3 is 0 Å². The monoisotopic (exact) mass is 424 g/mol. The van der Waals surface area contributed by atoms with Crippen molar-refractivity contribution in [1.82, 2.24) is 4.90 Å². The minimum absolute atomic E-state index is 0.0468. The molecule has 2 heterocycles. The van der Waals surface area contributed by atoms with E-state index in [2.05, 4.69) is 29.2 Å². The first-order valence-electron chi connectivity index (χ1n) is 10.5. The molecule has 0 aromatic heterocycles. The molecule has 2 aromatic rings. The van der Waals surface area contributed by atoms with Crippen LogP contribution >= 0.6 is 0 Å². The third kappa shape index (κ3) is 5.18. The SMILES string of the molecule is O=C(CN1CCC(Cc2ccccc2)CC1)N(c1ccccc1)[C@@H]1C=CS(=O)(=O)C1. The molecule has 1 amide bonds. The summed E-state index contributed by atoms with van der Waals surface area (Å²) in [6.45, 7) is 2.10. The maximum absolute atomic E-state index is 13.2. The lowest BCUT2D eigenvalue weighted by molar-refractivity contribution is -0.120. The summed E-state index contributed by atoms with van der Waals surface area (Å²) in [5.41, 5.74) is 2.12. The summed E-state index contributed by atoms with van der Waals surface area (Å²) in [4.78, 5) is 17.1. The minimum atomic E-state index is -3.24. The molecule has 0 spiro atoms. The highest BCUT2D eigenvalue weighted by Gasteiger charge is 2.32. The first-order valence-corrected chi connectivity index (χ1v) is 12.3. The van der Waals surface area contributed by atoms with Crippen LogP contribution in [0.1, 0.15) is 18.4 Å². The second-order valence-corrected chi connectivity index (χ2v) is 10.2. The summed E-state index contributed by atoms with van der Waals surface area (Å²) < 4.78 is 23.9. The number of carbonyl (C=O) groups is 1. The van der Waals surface area contributed by atoms with Gasteiger partial charge < -0.3 is 4.90 Å². The van der Waals surface area contributed by atoms with E-state index in [1.54, 1.807) is 11.0 Å². The van der Waals surface area contributed by atoms with Crippen LogP contribution in [0.2, 0.25) is 0 Å². The third-order valence-corrected chi connectivity index (χ3v) is 7.36. The number of amides is 1. The Bertz CT molecular complexity index is 982. The molecule has 5 nitrogen and oxygen atoms in total. The van der Waals surface area contributed by atoms with Crippen molar-refractivity contribution in [2.45, 2.75) is 25.3 Å². The van der Waals surface area contributed by atoms with Crippen molar-refractivity contribution < 1.29 is 13.2 Å². The Morgan fingerprint density at radius 3 is 2.20 bits per heavy atom. The molecule has 2 aliphatic rings. The van der Waals surface area contributed by atoms with Gasteiger partial charge in [0.1, 0.15) is 0 Å². The van der Waals surface area contributed by atoms with Crippen molar-refractivity contribution in [3.05, 3.63) is 77.7 Å². The molecule has 1 saturated heterocycles. The third-order valence-electron chi connectivity index (χ3n) is 5.98. The molecule has 2 aromatic carbocycles. The van der Waals surface area contributed by atoms with Crippen LogP contribution in [0, 0.1) is 5.92 Å². The highest BCUT2D eigenvalue weighted by atomic mass is 32.2. The van der Waals surface area contributed by atoms with Gasteiger partial charge in [0.25, 0.3) is 0 Å². The van der Waals surface area contributed by atoms with Crippen LogP contribution in [0.15, 0.2) is 72.1 Å². The van der Waals surface area contributed by atoms with Gasteiger partial charge in [-0.25, -0.2) is 8.42 Å². The predicted octanol–water partition coefficient (Wildman–Crippen LogP) is 3.29. The van der Waals surface area contributed by atoms with Gasteiger partial charge in [-0.1, -0.05) is 48.5 Å². The Kier molecular flexibility index (Phi) is 6.35. The van der Waals surface area contributed by atoms with Gasteiger partial charge in [-0.3, -0.25) is 9.69 Å². The van der Waals surface area contributed by atoms with E-state index in [-0.39, 0.29) is 11.7 Å². The predicted molar refractivity (Wildman–Crippen MR) is 120 cm³/mol. The fourth-order valence-corrected chi connectivity index (χ4v) is 5.66. The summed E-state index contributed by atoms with van der Waals surface area (Å²) in [5, 5.41) is 1.23. The number of piperidine rings is 1. The average Bonchev–Trinajstić information content (AvgIpc) is 3.10. The number of para-hydroxylation sites is 1. The highest BCUT2D eigenvalue weighted by molar-refractivity contribution is 7.94. The maximum Gasteiger partial charge on any atom is 0.241 e. The van der Waals surface area contributed by atoms with Crippen LogP contribution in [0.4, 0.5) is 5.69 Å². The van der Waals surface area contributed by atoms with E-state index in [0.29, 0.717) is 12.5 Å². The maximum atomic E-state index is 13.2. The number of hydrogen-bond donors (Lipinski definition) is 0. The Labute approximate surface area is 178 Å². The van der Waals surface area contributed by atoms with E-state index in [4.69, 9.17) is 0 Å². The van der Waals surface area contributed by atoms with E-state index < -0.39 is 15.9 Å². The topological polar surface area (TPSA) is 57.7 Å². The van der Waals surface area contributed by atoms with Gasteiger partial charge in [0, 0.05) is 11.1 Å². The quantitative estimate of drug-likeness (QED) is 0.714. The molecule has 4 rings (SSSR count). The number of sulfone groups is 1. The van der Waals surface area contributed by atoms with E-state index in [1.165, 1.54) is 11.0 Å². The summed E-state index contributed by atoms with van der Waals surface area (Å²) in [6, 6.07) is 19.5. The molecule has 158 valence electrons. The molecular formula is C24H28N2O3S. The largest absolute Gasteiger partial charge is 0.303 e. The summed E-state index contributed by atoms with van der Waals surface area (Å²) >= 11 is 0. The minimum Gasteiger partial charge on any atom is -0.303 e. The van der Waals surface area contributed by atoms with Crippen LogP contribution < -0.4 is 4.90 Å². The lowest BCUT2D eigenvalue weighted by Crippen LogP contribution is -2.48. The van der Waals surface area contributed by atoms with Gasteiger partial charge in [0.2, 0.25) is 5.91 Å². The van der Waals surface area contributed by atoms with Crippen molar-refractivity contribution in [2.24, 2.45) is 5.92 Å². The number of likely N-dealkylation sites (tertiary alicyclic amines) is 1. The molecule has 0 saturated carbocycles. The van der Waals surface area contributed by atoms with Crippen molar-refractivity contribution in [2.75, 3.05) is 30.3 Å². The number of anilines is 1. The average molecular weight is 425 g/mol. The highest BCUT2D eigenvalue weighted by Crippen LogP contribution is 2.25. The summed E-state index contributed by atoms with van der Waals surface area (Å²) in [7, 11) is -3.24. The van der Waals surface area contributed by atoms with E-state index in [9.17, 15) is 13.2 Å². The normalized spacial score (nSPS) is 21.5. The van der Waals surface area contributed by atoms with Crippen molar-refractivity contribution in [1.29, 1.82) is 0 Å². The fraction of sp³-hybridized carbons (Fsp3) is 0.375. The Morgan fingerprint density at radius 2 is 1.60 bits per heavy atom. The number of benzene rings is 2. The Hall–Kier alpha value is -2.44. The molecule has 6 heteroatoms. The molecule has 30 heavy (non-hydrogen) atoms. The lowest BCUT2D eigenvalue weighted by Gasteiger charge is -2.34. The smallest absolute Gasteiger partial charge is 0.241 e. The van der Waals surface area contributed by atoms with Crippen LogP contribution in [0.5, 0.6) is 0 Å². The zero-order valence-electron chi connectivity index (χ0n) is 17.1. The lowest BCUT2D eigenvalue weighted by atomic mass is 9.90. The molecule has 0 radical (unpaired) electrons. The van der Waals surface area contributed by atoms with Crippen molar-refractivity contribution in [3.8, 4) is 0 Å². The van der Waals surface area contributed by atoms with Gasteiger partial charge in [-0.05, 0) is 62.0 Å². The zero-order valence-corrected chi connectivity index (χ0v) is 17.9. The van der Waals surface area contributed by atoms with Crippen molar-refractivity contribution >= 4 is 21.4 Å². The van der Waals surface area contributed by atoms with Crippen molar-refractivity contribution in [3.63, 3.8) is 0 Å². The fourth-order valence-electron chi connectivity index (χ4n) is 4.39. The molecule has 0 N–H and O–H groups in total.